The summed E-state index contributed by atoms with van der Waals surface area (Å²) in [5, 5.41) is 12.2. The van der Waals surface area contributed by atoms with Crippen molar-refractivity contribution in [3.8, 4) is 11.8 Å². The van der Waals surface area contributed by atoms with Gasteiger partial charge >= 0.3 is 0 Å². The average Bonchev–Trinajstić information content (AvgIpc) is 2.21. The monoisotopic (exact) mass is 188 g/mol. The summed E-state index contributed by atoms with van der Waals surface area (Å²) in [5.41, 5.74) is 8.98. The average molecular weight is 188 g/mol. The molecule has 0 aromatic heterocycles. The Balaban J connectivity index is 3.12. The number of azide groups is 1. The van der Waals surface area contributed by atoms with Crippen molar-refractivity contribution in [1.82, 2.24) is 0 Å². The number of benzene rings is 1. The summed E-state index contributed by atoms with van der Waals surface area (Å²) in [6.45, 7) is 2.33. The molecule has 1 aromatic carbocycles. The minimum absolute atomic E-state index is 0.372. The lowest BCUT2D eigenvalue weighted by Crippen LogP contribution is -1.93. The van der Waals surface area contributed by atoms with E-state index in [1.165, 1.54) is 6.07 Å². The predicted octanol–water partition coefficient (Wildman–Crippen LogP) is 2.90. The molecule has 14 heavy (non-hydrogen) atoms. The fourth-order valence-corrected chi connectivity index (χ4v) is 1.00. The zero-order valence-electron chi connectivity index (χ0n) is 7.64. The van der Waals surface area contributed by atoms with Gasteiger partial charge in [-0.15, -0.1) is 0 Å². The summed E-state index contributed by atoms with van der Waals surface area (Å²) >= 11 is 0. The van der Waals surface area contributed by atoms with E-state index in [1.54, 1.807) is 12.1 Å². The van der Waals surface area contributed by atoms with Gasteiger partial charge in [0.2, 0.25) is 0 Å². The Hall–Kier alpha value is -2.18. The maximum atomic E-state index is 8.77. The van der Waals surface area contributed by atoms with Crippen LogP contribution in [-0.2, 0) is 0 Å². The molecule has 0 saturated carbocycles. The van der Waals surface area contributed by atoms with Crippen LogP contribution in [0, 0.1) is 11.3 Å². The van der Waals surface area contributed by atoms with Crippen molar-refractivity contribution < 1.29 is 4.74 Å². The number of nitrogens with zero attached hydrogens (tertiary/aromatic N) is 4. The number of hydrogen-bond donors (Lipinski definition) is 0. The van der Waals surface area contributed by atoms with Crippen LogP contribution in [0.1, 0.15) is 12.5 Å². The summed E-state index contributed by atoms with van der Waals surface area (Å²) < 4.78 is 5.20. The van der Waals surface area contributed by atoms with Gasteiger partial charge in [-0.2, -0.15) is 5.26 Å². The molecule has 0 N–H and O–H groups in total. The Bertz CT molecular complexity index is 415. The molecule has 1 aromatic rings. The molecule has 5 nitrogen and oxygen atoms in total. The summed E-state index contributed by atoms with van der Waals surface area (Å²) in [4.78, 5) is 2.63. The van der Waals surface area contributed by atoms with Gasteiger partial charge in [0.25, 0.3) is 0 Å². The molecular weight excluding hydrogens is 180 g/mol. The first-order chi connectivity index (χ1) is 6.81. The van der Waals surface area contributed by atoms with Crippen molar-refractivity contribution in [2.75, 3.05) is 6.61 Å². The lowest BCUT2D eigenvalue weighted by molar-refractivity contribution is 0.339. The molecule has 1 rings (SSSR count). The molecule has 0 aliphatic heterocycles. The molecule has 0 unspecified atom stereocenters. The van der Waals surface area contributed by atoms with Crippen molar-refractivity contribution in [1.29, 1.82) is 5.26 Å². The summed E-state index contributed by atoms with van der Waals surface area (Å²) in [7, 11) is 0. The van der Waals surface area contributed by atoms with E-state index in [1.807, 2.05) is 13.0 Å². The molecule has 0 amide bonds. The number of ether oxygens (including phenoxy) is 1. The summed E-state index contributed by atoms with van der Waals surface area (Å²) in [5.74, 6) is 0.506. The third kappa shape index (κ3) is 2.16. The van der Waals surface area contributed by atoms with Crippen LogP contribution in [0.2, 0.25) is 0 Å². The third-order valence-corrected chi connectivity index (χ3v) is 1.54. The Morgan fingerprint density at radius 2 is 2.43 bits per heavy atom. The summed E-state index contributed by atoms with van der Waals surface area (Å²) in [6, 6.07) is 6.68. The van der Waals surface area contributed by atoms with Crippen LogP contribution in [0.15, 0.2) is 23.3 Å². The number of hydrogen-bond acceptors (Lipinski definition) is 3. The second-order valence-electron chi connectivity index (χ2n) is 2.41. The second kappa shape index (κ2) is 4.75. The Morgan fingerprint density at radius 3 is 3.00 bits per heavy atom. The van der Waals surface area contributed by atoms with Crippen LogP contribution in [0.5, 0.6) is 5.75 Å². The van der Waals surface area contributed by atoms with Crippen LogP contribution in [0.3, 0.4) is 0 Å². The highest BCUT2D eigenvalue weighted by Gasteiger charge is 2.02. The van der Waals surface area contributed by atoms with Crippen LogP contribution < -0.4 is 4.74 Å². The van der Waals surface area contributed by atoms with Gasteiger partial charge in [-0.25, -0.2) is 0 Å². The standard InChI is InChI=1S/C9H8N4O/c1-2-14-9-4-3-8(12-13-11)5-7(9)6-10/h3-5H,2H2,1H3. The van der Waals surface area contributed by atoms with Crippen LogP contribution in [0.25, 0.3) is 10.4 Å². The van der Waals surface area contributed by atoms with Crippen LogP contribution >= 0.6 is 0 Å². The molecule has 0 atom stereocenters. The molecule has 70 valence electrons. The van der Waals surface area contributed by atoms with E-state index in [9.17, 15) is 0 Å². The molecular formula is C9H8N4O. The van der Waals surface area contributed by atoms with Crippen LogP contribution in [-0.4, -0.2) is 6.61 Å². The molecule has 0 heterocycles. The van der Waals surface area contributed by atoms with E-state index in [0.717, 1.165) is 0 Å². The SMILES string of the molecule is CCOc1ccc(N=[N+]=[N-])cc1C#N. The van der Waals surface area contributed by atoms with Gasteiger partial charge in [-0.3, -0.25) is 0 Å². The third-order valence-electron chi connectivity index (χ3n) is 1.54. The number of nitriles is 1. The topological polar surface area (TPSA) is 81.8 Å². The first-order valence-electron chi connectivity index (χ1n) is 4.04. The minimum atomic E-state index is 0.372. The van der Waals surface area contributed by atoms with E-state index in [-0.39, 0.29) is 0 Å². The van der Waals surface area contributed by atoms with Gasteiger partial charge in [0.15, 0.2) is 0 Å². The van der Waals surface area contributed by atoms with Crippen molar-refractivity contribution in [2.45, 2.75) is 6.92 Å². The van der Waals surface area contributed by atoms with Gasteiger partial charge in [0.05, 0.1) is 12.2 Å². The lowest BCUT2D eigenvalue weighted by Gasteiger charge is -2.04. The zero-order valence-corrected chi connectivity index (χ0v) is 7.64. The van der Waals surface area contributed by atoms with Crippen LogP contribution in [0.4, 0.5) is 5.69 Å². The summed E-state index contributed by atoms with van der Waals surface area (Å²) in [6.07, 6.45) is 0. The molecule has 0 aliphatic rings. The maximum Gasteiger partial charge on any atom is 0.137 e. The smallest absolute Gasteiger partial charge is 0.137 e. The molecule has 5 heteroatoms. The van der Waals surface area contributed by atoms with Crippen molar-refractivity contribution in [2.24, 2.45) is 5.11 Å². The zero-order chi connectivity index (χ0) is 10.4. The van der Waals surface area contributed by atoms with E-state index in [0.29, 0.717) is 23.6 Å². The van der Waals surface area contributed by atoms with E-state index >= 15 is 0 Å². The molecule has 0 saturated heterocycles. The van der Waals surface area contributed by atoms with E-state index < -0.39 is 0 Å². The molecule has 0 bridgehead atoms. The molecule has 0 aliphatic carbocycles. The van der Waals surface area contributed by atoms with Gasteiger partial charge in [-0.1, -0.05) is 5.11 Å². The van der Waals surface area contributed by atoms with Gasteiger partial charge in [0, 0.05) is 10.6 Å². The van der Waals surface area contributed by atoms with Gasteiger partial charge in [-0.05, 0) is 30.7 Å². The normalized spacial score (nSPS) is 8.57. The first kappa shape index (κ1) is 9.90. The molecule has 0 spiro atoms. The largest absolute Gasteiger partial charge is 0.492 e. The quantitative estimate of drug-likeness (QED) is 0.415. The van der Waals surface area contributed by atoms with Gasteiger partial charge in [0.1, 0.15) is 11.8 Å². The Morgan fingerprint density at radius 1 is 1.64 bits per heavy atom. The molecule has 0 radical (unpaired) electrons. The highest BCUT2D eigenvalue weighted by atomic mass is 16.5. The number of rotatable bonds is 3. The van der Waals surface area contributed by atoms with Crippen molar-refractivity contribution >= 4 is 5.69 Å². The van der Waals surface area contributed by atoms with Gasteiger partial charge < -0.3 is 4.74 Å². The van der Waals surface area contributed by atoms with E-state index in [2.05, 4.69) is 10.0 Å². The molecule has 0 fully saturated rings. The fourth-order valence-electron chi connectivity index (χ4n) is 1.00. The lowest BCUT2D eigenvalue weighted by atomic mass is 10.2. The highest BCUT2D eigenvalue weighted by molar-refractivity contribution is 5.52. The maximum absolute atomic E-state index is 8.77. The fraction of sp³-hybridized carbons (Fsp3) is 0.222. The highest BCUT2D eigenvalue weighted by Crippen LogP contribution is 2.23. The Labute approximate surface area is 81.2 Å². The Kier molecular flexibility index (Phi) is 3.36. The minimum Gasteiger partial charge on any atom is -0.492 e. The first-order valence-corrected chi connectivity index (χ1v) is 4.04. The van der Waals surface area contributed by atoms with E-state index in [4.69, 9.17) is 15.5 Å². The van der Waals surface area contributed by atoms with Crippen molar-refractivity contribution in [3.63, 3.8) is 0 Å². The second-order valence-corrected chi connectivity index (χ2v) is 2.41. The predicted molar refractivity (Wildman–Crippen MR) is 51.1 cm³/mol. The van der Waals surface area contributed by atoms with Crippen molar-refractivity contribution in [3.05, 3.63) is 34.2 Å².